The molecule has 60 valence electrons. The maximum atomic E-state index is 12.2. The van der Waals surface area contributed by atoms with E-state index in [4.69, 9.17) is 4.74 Å². The first kappa shape index (κ1) is 7.94. The molecule has 1 heterocycles. The maximum Gasteiger partial charge on any atom is 0.307 e. The van der Waals surface area contributed by atoms with Crippen molar-refractivity contribution in [3.63, 3.8) is 0 Å². The summed E-state index contributed by atoms with van der Waals surface area (Å²) >= 11 is 0. The van der Waals surface area contributed by atoms with Crippen LogP contribution in [0.15, 0.2) is 0 Å². The first-order chi connectivity index (χ1) is 4.52. The Hall–Kier alpha value is -0.160. The molecular formula is C5H9FO3S. The summed E-state index contributed by atoms with van der Waals surface area (Å²) in [7, 11) is -4.38. The average Bonchev–Trinajstić information content (AvgIpc) is 2.11. The van der Waals surface area contributed by atoms with E-state index in [-0.39, 0.29) is 6.42 Å². The molecule has 3 nitrogen and oxygen atoms in total. The molecule has 1 rings (SSSR count). The molecule has 2 atom stereocenters. The van der Waals surface area contributed by atoms with E-state index in [1.165, 1.54) is 0 Å². The molecule has 0 amide bonds. The fraction of sp³-hybridized carbons (Fsp3) is 1.00. The van der Waals surface area contributed by atoms with Gasteiger partial charge < -0.3 is 4.74 Å². The van der Waals surface area contributed by atoms with E-state index >= 15 is 0 Å². The number of hydrogen-bond donors (Lipinski definition) is 0. The van der Waals surface area contributed by atoms with Gasteiger partial charge in [0.25, 0.3) is 0 Å². The molecule has 1 saturated heterocycles. The molecule has 0 aromatic carbocycles. The fourth-order valence-electron chi connectivity index (χ4n) is 1.08. The van der Waals surface area contributed by atoms with Crippen molar-refractivity contribution < 1.29 is 17.0 Å². The van der Waals surface area contributed by atoms with Crippen molar-refractivity contribution in [3.8, 4) is 0 Å². The Morgan fingerprint density at radius 1 is 1.60 bits per heavy atom. The molecule has 0 aromatic rings. The van der Waals surface area contributed by atoms with Crippen molar-refractivity contribution in [3.05, 3.63) is 0 Å². The van der Waals surface area contributed by atoms with Gasteiger partial charge in [-0.15, -0.1) is 3.89 Å². The van der Waals surface area contributed by atoms with Crippen LogP contribution in [0.2, 0.25) is 0 Å². The zero-order chi connectivity index (χ0) is 7.78. The standard InChI is InChI=1S/C5H9FO3S/c1-4-5(2-3-9-4)10(6,7)8/h4-5H,2-3H2,1H3. The molecule has 0 aliphatic carbocycles. The Morgan fingerprint density at radius 2 is 2.20 bits per heavy atom. The third kappa shape index (κ3) is 1.46. The van der Waals surface area contributed by atoms with Crippen LogP contribution in [0.4, 0.5) is 3.89 Å². The highest BCUT2D eigenvalue weighted by molar-refractivity contribution is 7.87. The van der Waals surface area contributed by atoms with Crippen LogP contribution in [0.3, 0.4) is 0 Å². The largest absolute Gasteiger partial charge is 0.377 e. The Bertz CT molecular complexity index is 211. The number of hydrogen-bond acceptors (Lipinski definition) is 3. The molecule has 1 fully saturated rings. The smallest absolute Gasteiger partial charge is 0.307 e. The lowest BCUT2D eigenvalue weighted by molar-refractivity contribution is 0.126. The van der Waals surface area contributed by atoms with Crippen LogP contribution in [0.25, 0.3) is 0 Å². The second kappa shape index (κ2) is 2.47. The van der Waals surface area contributed by atoms with Crippen LogP contribution in [0.1, 0.15) is 13.3 Å². The highest BCUT2D eigenvalue weighted by Crippen LogP contribution is 2.21. The first-order valence-electron chi connectivity index (χ1n) is 3.07. The molecular weight excluding hydrogens is 159 g/mol. The van der Waals surface area contributed by atoms with E-state index < -0.39 is 21.6 Å². The lowest BCUT2D eigenvalue weighted by atomic mass is 10.3. The monoisotopic (exact) mass is 168 g/mol. The van der Waals surface area contributed by atoms with Gasteiger partial charge in [-0.05, 0) is 13.3 Å². The Balaban J connectivity index is 2.74. The minimum atomic E-state index is -4.38. The zero-order valence-electron chi connectivity index (χ0n) is 5.58. The summed E-state index contributed by atoms with van der Waals surface area (Å²) in [6, 6.07) is 0. The van der Waals surface area contributed by atoms with Crippen molar-refractivity contribution in [1.82, 2.24) is 0 Å². The van der Waals surface area contributed by atoms with E-state index in [0.717, 1.165) is 0 Å². The van der Waals surface area contributed by atoms with Gasteiger partial charge in [0.2, 0.25) is 0 Å². The minimum Gasteiger partial charge on any atom is -0.377 e. The normalized spacial score (nSPS) is 34.6. The second-order valence-corrected chi connectivity index (χ2v) is 3.94. The lowest BCUT2D eigenvalue weighted by Crippen LogP contribution is -2.24. The molecule has 0 spiro atoms. The van der Waals surface area contributed by atoms with Crippen LogP contribution < -0.4 is 0 Å². The third-order valence-corrected chi connectivity index (χ3v) is 3.01. The van der Waals surface area contributed by atoms with E-state index in [2.05, 4.69) is 0 Å². The first-order valence-corrected chi connectivity index (χ1v) is 4.51. The van der Waals surface area contributed by atoms with Gasteiger partial charge in [0.1, 0.15) is 5.25 Å². The van der Waals surface area contributed by atoms with Gasteiger partial charge in [0, 0.05) is 6.61 Å². The molecule has 0 N–H and O–H groups in total. The van der Waals surface area contributed by atoms with Gasteiger partial charge in [-0.25, -0.2) is 0 Å². The van der Waals surface area contributed by atoms with Gasteiger partial charge in [-0.1, -0.05) is 0 Å². The van der Waals surface area contributed by atoms with Crippen molar-refractivity contribution in [2.75, 3.05) is 6.61 Å². The molecule has 0 aromatic heterocycles. The third-order valence-electron chi connectivity index (χ3n) is 1.67. The van der Waals surface area contributed by atoms with Gasteiger partial charge in [-0.3, -0.25) is 0 Å². The number of halogens is 1. The van der Waals surface area contributed by atoms with E-state index in [1.54, 1.807) is 6.92 Å². The van der Waals surface area contributed by atoms with Crippen LogP contribution >= 0.6 is 0 Å². The SMILES string of the molecule is CC1OCCC1S(=O)(=O)F. The summed E-state index contributed by atoms with van der Waals surface area (Å²) in [6.07, 6.45) is -0.213. The highest BCUT2D eigenvalue weighted by atomic mass is 32.3. The van der Waals surface area contributed by atoms with E-state index in [0.29, 0.717) is 6.61 Å². The molecule has 0 bridgehead atoms. The summed E-state index contributed by atoms with van der Waals surface area (Å²) in [4.78, 5) is 0. The van der Waals surface area contributed by atoms with E-state index in [1.807, 2.05) is 0 Å². The Morgan fingerprint density at radius 3 is 2.40 bits per heavy atom. The maximum absolute atomic E-state index is 12.2. The second-order valence-electron chi connectivity index (χ2n) is 2.38. The molecule has 1 aliphatic heterocycles. The molecule has 0 radical (unpaired) electrons. The minimum absolute atomic E-state index is 0.278. The van der Waals surface area contributed by atoms with Crippen LogP contribution in [0.5, 0.6) is 0 Å². The Kier molecular flexibility index (Phi) is 1.96. The molecule has 2 unspecified atom stereocenters. The van der Waals surface area contributed by atoms with Crippen molar-refractivity contribution in [1.29, 1.82) is 0 Å². The summed E-state index contributed by atoms with van der Waals surface area (Å²) in [5.41, 5.74) is 0. The summed E-state index contributed by atoms with van der Waals surface area (Å²) in [5.74, 6) is 0. The summed E-state index contributed by atoms with van der Waals surface area (Å²) in [6.45, 7) is 1.91. The quantitative estimate of drug-likeness (QED) is 0.534. The molecule has 10 heavy (non-hydrogen) atoms. The van der Waals surface area contributed by atoms with Crippen LogP contribution in [0, 0.1) is 0 Å². The van der Waals surface area contributed by atoms with Crippen molar-refractivity contribution in [2.24, 2.45) is 0 Å². The zero-order valence-corrected chi connectivity index (χ0v) is 6.40. The predicted octanol–water partition coefficient (Wildman–Crippen LogP) is 0.463. The highest BCUT2D eigenvalue weighted by Gasteiger charge is 2.35. The summed E-state index contributed by atoms with van der Waals surface area (Å²) < 4.78 is 37.7. The fourth-order valence-corrected chi connectivity index (χ4v) is 2.00. The summed E-state index contributed by atoms with van der Waals surface area (Å²) in [5, 5.41) is -0.938. The lowest BCUT2D eigenvalue weighted by Gasteiger charge is -2.07. The van der Waals surface area contributed by atoms with Gasteiger partial charge in [0.15, 0.2) is 0 Å². The van der Waals surface area contributed by atoms with Gasteiger partial charge in [-0.2, -0.15) is 8.42 Å². The van der Waals surface area contributed by atoms with Crippen LogP contribution in [-0.2, 0) is 15.0 Å². The topological polar surface area (TPSA) is 43.4 Å². The Labute approximate surface area is 59.4 Å². The number of rotatable bonds is 1. The number of ether oxygens (including phenoxy) is 1. The molecule has 1 aliphatic rings. The van der Waals surface area contributed by atoms with Gasteiger partial charge in [0.05, 0.1) is 6.10 Å². The molecule has 0 saturated carbocycles. The van der Waals surface area contributed by atoms with Crippen molar-refractivity contribution in [2.45, 2.75) is 24.7 Å². The average molecular weight is 168 g/mol. The van der Waals surface area contributed by atoms with Crippen LogP contribution in [-0.4, -0.2) is 26.4 Å². The van der Waals surface area contributed by atoms with E-state index in [9.17, 15) is 12.3 Å². The predicted molar refractivity (Wildman–Crippen MR) is 33.8 cm³/mol. The van der Waals surface area contributed by atoms with Crippen molar-refractivity contribution >= 4 is 10.2 Å². The van der Waals surface area contributed by atoms with Gasteiger partial charge >= 0.3 is 10.2 Å². The molecule has 5 heteroatoms.